The van der Waals surface area contributed by atoms with Gasteiger partial charge in [-0.05, 0) is 35.9 Å². The summed E-state index contributed by atoms with van der Waals surface area (Å²) in [4.78, 5) is 11.0. The SMILES string of the molecule is Brc1ccc(Nc2ncnc3sc(-c4ccccc4)cc23)cc1. The van der Waals surface area contributed by atoms with Crippen molar-refractivity contribution in [2.24, 2.45) is 0 Å². The van der Waals surface area contributed by atoms with Gasteiger partial charge in [-0.3, -0.25) is 0 Å². The summed E-state index contributed by atoms with van der Waals surface area (Å²) in [6, 6.07) is 20.5. The number of benzene rings is 2. The average Bonchev–Trinajstić information content (AvgIpc) is 3.03. The number of nitrogens with one attached hydrogen (secondary N) is 1. The summed E-state index contributed by atoms with van der Waals surface area (Å²) in [5.41, 5.74) is 2.20. The number of rotatable bonds is 3. The van der Waals surface area contributed by atoms with E-state index in [1.165, 1.54) is 10.4 Å². The van der Waals surface area contributed by atoms with Gasteiger partial charge in [-0.25, -0.2) is 9.97 Å². The smallest absolute Gasteiger partial charge is 0.142 e. The van der Waals surface area contributed by atoms with Gasteiger partial charge in [0.15, 0.2) is 0 Å². The third-order valence-corrected chi connectivity index (χ3v) is 5.12. The summed E-state index contributed by atoms with van der Waals surface area (Å²) >= 11 is 5.13. The number of hydrogen-bond donors (Lipinski definition) is 1. The van der Waals surface area contributed by atoms with Crippen molar-refractivity contribution in [3.05, 3.63) is 71.5 Å². The van der Waals surface area contributed by atoms with Crippen LogP contribution in [0.2, 0.25) is 0 Å². The van der Waals surface area contributed by atoms with Crippen LogP contribution in [0, 0.1) is 0 Å². The Labute approximate surface area is 146 Å². The van der Waals surface area contributed by atoms with Gasteiger partial charge in [-0.15, -0.1) is 11.3 Å². The summed E-state index contributed by atoms with van der Waals surface area (Å²) in [5.74, 6) is 0.829. The van der Waals surface area contributed by atoms with Gasteiger partial charge in [0.2, 0.25) is 0 Å². The van der Waals surface area contributed by atoms with Crippen molar-refractivity contribution < 1.29 is 0 Å². The van der Waals surface area contributed by atoms with E-state index < -0.39 is 0 Å². The number of nitrogens with zero attached hydrogens (tertiary/aromatic N) is 2. The van der Waals surface area contributed by atoms with Crippen molar-refractivity contribution >= 4 is 49.0 Å². The van der Waals surface area contributed by atoms with Gasteiger partial charge in [-0.1, -0.05) is 46.3 Å². The zero-order chi connectivity index (χ0) is 15.6. The van der Waals surface area contributed by atoms with Gasteiger partial charge >= 0.3 is 0 Å². The summed E-state index contributed by atoms with van der Waals surface area (Å²) in [6.07, 6.45) is 1.61. The maximum absolute atomic E-state index is 4.40. The fourth-order valence-electron chi connectivity index (χ4n) is 2.37. The van der Waals surface area contributed by atoms with Crippen LogP contribution in [-0.2, 0) is 0 Å². The fraction of sp³-hybridized carbons (Fsp3) is 0. The first-order valence-corrected chi connectivity index (χ1v) is 8.73. The Morgan fingerprint density at radius 2 is 1.70 bits per heavy atom. The standard InChI is InChI=1S/C18H12BrN3S/c19-13-6-8-14(9-7-13)22-17-15-10-16(12-4-2-1-3-5-12)23-18(15)21-11-20-17/h1-11H,(H,20,21,22). The Balaban J connectivity index is 1.75. The average molecular weight is 382 g/mol. The molecule has 0 saturated carbocycles. The van der Waals surface area contributed by atoms with Gasteiger partial charge in [0.05, 0.1) is 5.39 Å². The second-order valence-electron chi connectivity index (χ2n) is 5.05. The van der Waals surface area contributed by atoms with Gasteiger partial charge in [-0.2, -0.15) is 0 Å². The van der Waals surface area contributed by atoms with Crippen LogP contribution in [-0.4, -0.2) is 9.97 Å². The molecule has 0 unspecified atom stereocenters. The lowest BCUT2D eigenvalue weighted by atomic mass is 10.2. The molecule has 2 aromatic heterocycles. The molecule has 0 fully saturated rings. The Hall–Kier alpha value is -2.24. The first-order valence-electron chi connectivity index (χ1n) is 7.12. The van der Waals surface area contributed by atoms with Gasteiger partial charge in [0, 0.05) is 15.0 Å². The Morgan fingerprint density at radius 1 is 0.913 bits per heavy atom. The first-order chi connectivity index (χ1) is 11.3. The van der Waals surface area contributed by atoms with E-state index in [1.807, 2.05) is 42.5 Å². The molecule has 2 aromatic carbocycles. The molecule has 1 N–H and O–H groups in total. The predicted octanol–water partition coefficient (Wildman–Crippen LogP) is 5.86. The molecule has 0 aliphatic carbocycles. The van der Waals surface area contributed by atoms with E-state index in [1.54, 1.807) is 17.7 Å². The van der Waals surface area contributed by atoms with Crippen LogP contribution in [0.4, 0.5) is 11.5 Å². The molecule has 23 heavy (non-hydrogen) atoms. The predicted molar refractivity (Wildman–Crippen MR) is 100 cm³/mol. The molecule has 0 radical (unpaired) electrons. The molecule has 4 aromatic rings. The Bertz CT molecular complexity index is 949. The van der Waals surface area contributed by atoms with Crippen molar-refractivity contribution in [3.8, 4) is 10.4 Å². The summed E-state index contributed by atoms with van der Waals surface area (Å²) in [6.45, 7) is 0. The van der Waals surface area contributed by atoms with Gasteiger partial charge in [0.1, 0.15) is 17.0 Å². The Kier molecular flexibility index (Phi) is 3.81. The molecule has 112 valence electrons. The zero-order valence-electron chi connectivity index (χ0n) is 12.0. The van der Waals surface area contributed by atoms with Crippen LogP contribution in [0.15, 0.2) is 71.5 Å². The molecule has 3 nitrogen and oxygen atoms in total. The number of thiophene rings is 1. The highest BCUT2D eigenvalue weighted by molar-refractivity contribution is 9.10. The number of aromatic nitrogens is 2. The lowest BCUT2D eigenvalue weighted by molar-refractivity contribution is 1.23. The number of anilines is 2. The van der Waals surface area contributed by atoms with E-state index in [2.05, 4.69) is 49.4 Å². The number of halogens is 1. The molecular formula is C18H12BrN3S. The third kappa shape index (κ3) is 2.98. The summed E-state index contributed by atoms with van der Waals surface area (Å²) < 4.78 is 1.05. The molecule has 0 atom stereocenters. The zero-order valence-corrected chi connectivity index (χ0v) is 14.4. The number of fused-ring (bicyclic) bond motifs is 1. The minimum Gasteiger partial charge on any atom is -0.340 e. The molecule has 2 heterocycles. The molecule has 0 spiro atoms. The van der Waals surface area contributed by atoms with Crippen molar-refractivity contribution in [2.75, 3.05) is 5.32 Å². The highest BCUT2D eigenvalue weighted by Gasteiger charge is 2.10. The Morgan fingerprint density at radius 3 is 2.48 bits per heavy atom. The molecule has 4 rings (SSSR count). The van der Waals surface area contributed by atoms with Crippen molar-refractivity contribution in [3.63, 3.8) is 0 Å². The highest BCUT2D eigenvalue weighted by atomic mass is 79.9. The molecule has 0 aliphatic heterocycles. The second-order valence-corrected chi connectivity index (χ2v) is 7.00. The van der Waals surface area contributed by atoms with Gasteiger partial charge in [0.25, 0.3) is 0 Å². The molecule has 0 amide bonds. The normalized spacial score (nSPS) is 10.8. The maximum atomic E-state index is 4.40. The minimum atomic E-state index is 0.829. The van der Waals surface area contributed by atoms with E-state index in [-0.39, 0.29) is 0 Å². The molecule has 0 aliphatic rings. The fourth-order valence-corrected chi connectivity index (χ4v) is 3.64. The lowest BCUT2D eigenvalue weighted by Gasteiger charge is -2.06. The van der Waals surface area contributed by atoms with Crippen LogP contribution in [0.3, 0.4) is 0 Å². The van der Waals surface area contributed by atoms with E-state index in [9.17, 15) is 0 Å². The largest absolute Gasteiger partial charge is 0.340 e. The van der Waals surface area contributed by atoms with Crippen LogP contribution < -0.4 is 5.32 Å². The van der Waals surface area contributed by atoms with Gasteiger partial charge < -0.3 is 5.32 Å². The second kappa shape index (κ2) is 6.10. The van der Waals surface area contributed by atoms with Crippen LogP contribution >= 0.6 is 27.3 Å². The van der Waals surface area contributed by atoms with E-state index in [0.29, 0.717) is 0 Å². The summed E-state index contributed by atoms with van der Waals surface area (Å²) in [5, 5.41) is 4.41. The van der Waals surface area contributed by atoms with Crippen molar-refractivity contribution in [2.45, 2.75) is 0 Å². The van der Waals surface area contributed by atoms with Crippen LogP contribution in [0.25, 0.3) is 20.7 Å². The topological polar surface area (TPSA) is 37.8 Å². The van der Waals surface area contributed by atoms with Crippen molar-refractivity contribution in [1.82, 2.24) is 9.97 Å². The number of hydrogen-bond acceptors (Lipinski definition) is 4. The van der Waals surface area contributed by atoms with Crippen molar-refractivity contribution in [1.29, 1.82) is 0 Å². The van der Waals surface area contributed by atoms with E-state index in [0.717, 1.165) is 26.2 Å². The third-order valence-electron chi connectivity index (χ3n) is 3.49. The van der Waals surface area contributed by atoms with Crippen LogP contribution in [0.5, 0.6) is 0 Å². The molecule has 0 bridgehead atoms. The maximum Gasteiger partial charge on any atom is 0.142 e. The van der Waals surface area contributed by atoms with E-state index in [4.69, 9.17) is 0 Å². The monoisotopic (exact) mass is 381 g/mol. The first kappa shape index (κ1) is 14.4. The molecule has 5 heteroatoms. The van der Waals surface area contributed by atoms with Crippen LogP contribution in [0.1, 0.15) is 0 Å². The highest BCUT2D eigenvalue weighted by Crippen LogP contribution is 2.35. The molecule has 0 saturated heterocycles. The quantitative estimate of drug-likeness (QED) is 0.482. The molecular weight excluding hydrogens is 370 g/mol. The van der Waals surface area contributed by atoms with E-state index >= 15 is 0 Å². The minimum absolute atomic E-state index is 0.829. The lowest BCUT2D eigenvalue weighted by Crippen LogP contribution is -1.94. The summed E-state index contributed by atoms with van der Waals surface area (Å²) in [7, 11) is 0.